The molecule has 1 N–H and O–H groups in total. The Bertz CT molecular complexity index is 1050. The summed E-state index contributed by atoms with van der Waals surface area (Å²) in [6, 6.07) is 17.7. The van der Waals surface area contributed by atoms with E-state index in [0.717, 1.165) is 26.2 Å². The Labute approximate surface area is 173 Å². The first-order valence-electron chi connectivity index (χ1n) is 9.53. The number of amides is 1. The minimum Gasteiger partial charge on any atom is -0.368 e. The summed E-state index contributed by atoms with van der Waals surface area (Å²) in [6.45, 7) is 3.27. The van der Waals surface area contributed by atoms with Gasteiger partial charge in [0.15, 0.2) is 0 Å². The number of anilines is 3. The monoisotopic (exact) mass is 404 g/mol. The molecule has 4 rings (SSSR count). The standard InChI is InChI=1S/C21H20N6O3/c28-21(17-8-4-5-9-18(17)27(29)30)24-19-14-20(23-15-22-19)26-12-10-25(11-13-26)16-6-2-1-3-7-16/h1-9,14-15H,10-13H2,(H,22,23,24,28). The topological polar surface area (TPSA) is 104 Å². The van der Waals surface area contributed by atoms with Gasteiger partial charge >= 0.3 is 0 Å². The van der Waals surface area contributed by atoms with Crippen molar-refractivity contribution in [3.8, 4) is 0 Å². The van der Waals surface area contributed by atoms with Gasteiger partial charge in [0.25, 0.3) is 11.6 Å². The number of nitro benzene ring substituents is 1. The van der Waals surface area contributed by atoms with Gasteiger partial charge in [-0.1, -0.05) is 30.3 Å². The quantitative estimate of drug-likeness (QED) is 0.515. The summed E-state index contributed by atoms with van der Waals surface area (Å²) < 4.78 is 0. The van der Waals surface area contributed by atoms with Crippen LogP contribution in [-0.2, 0) is 0 Å². The van der Waals surface area contributed by atoms with E-state index in [2.05, 4.69) is 37.2 Å². The minimum absolute atomic E-state index is 0.0147. The van der Waals surface area contributed by atoms with Crippen LogP contribution in [0.1, 0.15) is 10.4 Å². The predicted molar refractivity (Wildman–Crippen MR) is 114 cm³/mol. The summed E-state index contributed by atoms with van der Waals surface area (Å²) in [5.74, 6) is 0.421. The van der Waals surface area contributed by atoms with Gasteiger partial charge < -0.3 is 15.1 Å². The van der Waals surface area contributed by atoms with Crippen molar-refractivity contribution >= 4 is 28.9 Å². The molecule has 1 amide bonds. The number of carbonyl (C=O) groups excluding carboxylic acids is 1. The molecule has 1 fully saturated rings. The largest absolute Gasteiger partial charge is 0.368 e. The van der Waals surface area contributed by atoms with E-state index in [1.54, 1.807) is 12.1 Å². The van der Waals surface area contributed by atoms with Crippen LogP contribution in [0.15, 0.2) is 67.0 Å². The molecule has 1 aromatic heterocycles. The molecule has 2 aromatic carbocycles. The van der Waals surface area contributed by atoms with E-state index < -0.39 is 10.8 Å². The number of hydrogen-bond acceptors (Lipinski definition) is 7. The van der Waals surface area contributed by atoms with Gasteiger partial charge in [-0.05, 0) is 18.2 Å². The summed E-state index contributed by atoms with van der Waals surface area (Å²) in [6.07, 6.45) is 1.38. The highest BCUT2D eigenvalue weighted by Gasteiger charge is 2.21. The van der Waals surface area contributed by atoms with Gasteiger partial charge in [-0.2, -0.15) is 0 Å². The second-order valence-electron chi connectivity index (χ2n) is 6.80. The molecule has 9 heteroatoms. The number of carbonyl (C=O) groups is 1. The third-order valence-electron chi connectivity index (χ3n) is 4.96. The van der Waals surface area contributed by atoms with Crippen LogP contribution in [0, 0.1) is 10.1 Å². The van der Waals surface area contributed by atoms with Crippen LogP contribution in [0.3, 0.4) is 0 Å². The fourth-order valence-corrected chi connectivity index (χ4v) is 3.43. The van der Waals surface area contributed by atoms with Gasteiger partial charge in [0.1, 0.15) is 23.5 Å². The van der Waals surface area contributed by atoms with Gasteiger partial charge in [0.2, 0.25) is 0 Å². The molecule has 3 aromatic rings. The van der Waals surface area contributed by atoms with E-state index in [1.807, 2.05) is 18.2 Å². The van der Waals surface area contributed by atoms with Gasteiger partial charge in [-0.3, -0.25) is 14.9 Å². The molecular formula is C21H20N6O3. The molecule has 0 aliphatic carbocycles. The average Bonchev–Trinajstić information content (AvgIpc) is 2.80. The molecular weight excluding hydrogens is 384 g/mol. The van der Waals surface area contributed by atoms with Crippen LogP contribution >= 0.6 is 0 Å². The van der Waals surface area contributed by atoms with Crippen molar-refractivity contribution in [2.75, 3.05) is 41.3 Å². The first-order valence-corrected chi connectivity index (χ1v) is 9.53. The third-order valence-corrected chi connectivity index (χ3v) is 4.96. The highest BCUT2D eigenvalue weighted by molar-refractivity contribution is 6.06. The predicted octanol–water partition coefficient (Wildman–Crippen LogP) is 2.96. The second-order valence-corrected chi connectivity index (χ2v) is 6.80. The molecule has 0 spiro atoms. The number of rotatable bonds is 5. The zero-order valence-corrected chi connectivity index (χ0v) is 16.1. The number of nitro groups is 1. The number of benzene rings is 2. The molecule has 1 saturated heterocycles. The lowest BCUT2D eigenvalue weighted by Gasteiger charge is -2.36. The molecule has 1 aliphatic rings. The summed E-state index contributed by atoms with van der Waals surface area (Å²) in [4.78, 5) is 36.0. The maximum Gasteiger partial charge on any atom is 0.282 e. The lowest BCUT2D eigenvalue weighted by atomic mass is 10.1. The van der Waals surface area contributed by atoms with Gasteiger partial charge in [0.05, 0.1) is 4.92 Å². The highest BCUT2D eigenvalue weighted by atomic mass is 16.6. The summed E-state index contributed by atoms with van der Waals surface area (Å²) >= 11 is 0. The number of nitrogens with one attached hydrogen (secondary N) is 1. The molecule has 0 atom stereocenters. The second kappa shape index (κ2) is 8.56. The number of hydrogen-bond donors (Lipinski definition) is 1. The average molecular weight is 404 g/mol. The van der Waals surface area contributed by atoms with Crippen LogP contribution < -0.4 is 15.1 Å². The third kappa shape index (κ3) is 4.19. The number of aromatic nitrogens is 2. The van der Waals surface area contributed by atoms with Gasteiger partial charge in [-0.15, -0.1) is 0 Å². The molecule has 0 saturated carbocycles. The first kappa shape index (κ1) is 19.3. The Morgan fingerprint density at radius 2 is 1.60 bits per heavy atom. The Morgan fingerprint density at radius 1 is 0.933 bits per heavy atom. The Morgan fingerprint density at radius 3 is 2.33 bits per heavy atom. The molecule has 30 heavy (non-hydrogen) atoms. The number of piperazine rings is 1. The minimum atomic E-state index is -0.583. The number of para-hydroxylation sites is 2. The molecule has 0 radical (unpaired) electrons. The van der Waals surface area contributed by atoms with Crippen molar-refractivity contribution in [3.63, 3.8) is 0 Å². The molecule has 2 heterocycles. The zero-order chi connectivity index (χ0) is 20.9. The van der Waals surface area contributed by atoms with Crippen LogP contribution in [0.5, 0.6) is 0 Å². The summed E-state index contributed by atoms with van der Waals surface area (Å²) in [5, 5.41) is 13.8. The maximum atomic E-state index is 12.5. The van der Waals surface area contributed by atoms with Crippen LogP contribution in [0.2, 0.25) is 0 Å². The molecule has 0 unspecified atom stereocenters. The normalized spacial score (nSPS) is 13.7. The van der Waals surface area contributed by atoms with E-state index in [9.17, 15) is 14.9 Å². The Hall–Kier alpha value is -4.01. The van der Waals surface area contributed by atoms with Crippen molar-refractivity contribution < 1.29 is 9.72 Å². The molecule has 152 valence electrons. The van der Waals surface area contributed by atoms with E-state index in [-0.39, 0.29) is 11.3 Å². The fraction of sp³-hybridized carbons (Fsp3) is 0.190. The van der Waals surface area contributed by atoms with Crippen molar-refractivity contribution in [1.82, 2.24) is 9.97 Å². The van der Waals surface area contributed by atoms with Crippen LogP contribution in [0.25, 0.3) is 0 Å². The van der Waals surface area contributed by atoms with Crippen molar-refractivity contribution in [1.29, 1.82) is 0 Å². The van der Waals surface area contributed by atoms with Gasteiger partial charge in [-0.25, -0.2) is 9.97 Å². The lowest BCUT2D eigenvalue weighted by Crippen LogP contribution is -2.46. The smallest absolute Gasteiger partial charge is 0.282 e. The number of nitrogens with zero attached hydrogens (tertiary/aromatic N) is 5. The van der Waals surface area contributed by atoms with E-state index in [4.69, 9.17) is 0 Å². The van der Waals surface area contributed by atoms with E-state index in [0.29, 0.717) is 11.6 Å². The van der Waals surface area contributed by atoms with Crippen molar-refractivity contribution in [2.45, 2.75) is 0 Å². The van der Waals surface area contributed by atoms with Crippen molar-refractivity contribution in [3.05, 3.63) is 82.7 Å². The van der Waals surface area contributed by atoms with E-state index >= 15 is 0 Å². The van der Waals surface area contributed by atoms with Crippen molar-refractivity contribution in [2.24, 2.45) is 0 Å². The Balaban J connectivity index is 1.44. The molecule has 9 nitrogen and oxygen atoms in total. The summed E-state index contributed by atoms with van der Waals surface area (Å²) in [5.41, 5.74) is 0.928. The zero-order valence-electron chi connectivity index (χ0n) is 16.1. The summed E-state index contributed by atoms with van der Waals surface area (Å²) in [7, 11) is 0. The SMILES string of the molecule is O=C(Nc1cc(N2CCN(c3ccccc3)CC2)ncn1)c1ccccc1[N+](=O)[O-]. The van der Waals surface area contributed by atoms with Gasteiger partial charge in [0, 0.05) is 44.0 Å². The Kier molecular flexibility index (Phi) is 5.51. The highest BCUT2D eigenvalue weighted by Crippen LogP contribution is 2.22. The fourth-order valence-electron chi connectivity index (χ4n) is 3.43. The van der Waals surface area contributed by atoms with E-state index in [1.165, 1.54) is 30.2 Å². The molecule has 0 bridgehead atoms. The maximum absolute atomic E-state index is 12.5. The first-order chi connectivity index (χ1) is 14.6. The lowest BCUT2D eigenvalue weighted by molar-refractivity contribution is -0.385. The van der Waals surface area contributed by atoms with Crippen LogP contribution in [-0.4, -0.2) is 47.0 Å². The molecule has 1 aliphatic heterocycles. The van der Waals surface area contributed by atoms with Crippen LogP contribution in [0.4, 0.5) is 23.0 Å².